The smallest absolute Gasteiger partial charge is 0.248 e. The van der Waals surface area contributed by atoms with Gasteiger partial charge in [-0.25, -0.2) is 4.68 Å². The number of nitrogens with one attached hydrogen (secondary N) is 1. The Kier molecular flexibility index (Phi) is 4.66. The quantitative estimate of drug-likeness (QED) is 0.667. The Morgan fingerprint density at radius 1 is 1.41 bits per heavy atom. The lowest BCUT2D eigenvalue weighted by molar-refractivity contribution is -0.0871. The molecule has 1 saturated heterocycles. The lowest BCUT2D eigenvalue weighted by Gasteiger charge is -2.43. The number of hydrogen-bond donors (Lipinski definition) is 2. The molecular formula is C20H20ClN5O2S. The Morgan fingerprint density at radius 2 is 2.31 bits per heavy atom. The minimum atomic E-state index is -0.470. The summed E-state index contributed by atoms with van der Waals surface area (Å²) in [4.78, 5) is 12.7. The van der Waals surface area contributed by atoms with Crippen molar-refractivity contribution in [3.8, 4) is 5.69 Å². The predicted octanol–water partition coefficient (Wildman–Crippen LogP) is 2.97. The first kappa shape index (κ1) is 18.7. The Morgan fingerprint density at radius 3 is 3.17 bits per heavy atom. The molecule has 0 bridgehead atoms. The van der Waals surface area contributed by atoms with Gasteiger partial charge in [0.25, 0.3) is 0 Å². The van der Waals surface area contributed by atoms with Crippen LogP contribution >= 0.6 is 22.9 Å². The first-order chi connectivity index (χ1) is 14.0. The van der Waals surface area contributed by atoms with Gasteiger partial charge in [0, 0.05) is 16.9 Å². The molecule has 2 aromatic heterocycles. The van der Waals surface area contributed by atoms with E-state index in [1.807, 2.05) is 12.3 Å². The zero-order chi connectivity index (χ0) is 20.0. The monoisotopic (exact) mass is 429 g/mol. The fraction of sp³-hybridized carbons (Fsp3) is 0.350. The van der Waals surface area contributed by atoms with Crippen LogP contribution in [0, 0.1) is 0 Å². The summed E-state index contributed by atoms with van der Waals surface area (Å²) in [6.45, 7) is 1.53. The lowest BCUT2D eigenvalue weighted by Crippen LogP contribution is -2.45. The van der Waals surface area contributed by atoms with Gasteiger partial charge in [0.2, 0.25) is 5.91 Å². The van der Waals surface area contributed by atoms with Crippen molar-refractivity contribution in [3.63, 3.8) is 0 Å². The van der Waals surface area contributed by atoms with Gasteiger partial charge in [-0.05, 0) is 49.2 Å². The third-order valence-corrected chi connectivity index (χ3v) is 7.15. The fourth-order valence-corrected chi connectivity index (χ4v) is 5.73. The van der Waals surface area contributed by atoms with E-state index in [1.165, 1.54) is 10.4 Å². The van der Waals surface area contributed by atoms with E-state index in [0.717, 1.165) is 41.5 Å². The van der Waals surface area contributed by atoms with E-state index in [9.17, 15) is 4.79 Å². The average Bonchev–Trinajstić information content (AvgIpc) is 3.36. The molecule has 1 fully saturated rings. The maximum absolute atomic E-state index is 11.5. The number of carbonyl (C=O) groups is 1. The largest absolute Gasteiger partial charge is 0.369 e. The summed E-state index contributed by atoms with van der Waals surface area (Å²) in [6.07, 6.45) is 4.48. The topological polar surface area (TPSA) is 95.1 Å². The fourth-order valence-electron chi connectivity index (χ4n) is 4.25. The Labute approximate surface area is 176 Å². The minimum Gasteiger partial charge on any atom is -0.369 e. The van der Waals surface area contributed by atoms with Crippen LogP contribution in [-0.4, -0.2) is 34.1 Å². The Bertz CT molecular complexity index is 1080. The van der Waals surface area contributed by atoms with Gasteiger partial charge in [-0.2, -0.15) is 0 Å². The molecule has 0 aliphatic carbocycles. The van der Waals surface area contributed by atoms with Gasteiger partial charge in [-0.1, -0.05) is 22.9 Å². The number of hydrogen-bond acceptors (Lipinski definition) is 6. The van der Waals surface area contributed by atoms with Gasteiger partial charge in [-0.15, -0.1) is 16.4 Å². The second-order valence-electron chi connectivity index (χ2n) is 7.46. The molecule has 2 aliphatic rings. The molecule has 9 heteroatoms. The summed E-state index contributed by atoms with van der Waals surface area (Å²) in [6, 6.07) is 9.13. The highest BCUT2D eigenvalue weighted by Gasteiger charge is 2.44. The van der Waals surface area contributed by atoms with Crippen molar-refractivity contribution < 1.29 is 9.53 Å². The summed E-state index contributed by atoms with van der Waals surface area (Å²) in [5.41, 5.74) is 8.39. The molecule has 4 heterocycles. The van der Waals surface area contributed by atoms with Crippen molar-refractivity contribution in [1.82, 2.24) is 20.3 Å². The molecule has 0 radical (unpaired) electrons. The number of nitrogens with zero attached hydrogens (tertiary/aromatic N) is 3. The van der Waals surface area contributed by atoms with Crippen molar-refractivity contribution in [2.75, 3.05) is 13.2 Å². The molecule has 1 amide bonds. The van der Waals surface area contributed by atoms with Crippen molar-refractivity contribution in [2.24, 2.45) is 5.73 Å². The second kappa shape index (κ2) is 7.21. The van der Waals surface area contributed by atoms with Crippen LogP contribution in [0.25, 0.3) is 5.69 Å². The number of thiophene rings is 1. The zero-order valence-electron chi connectivity index (χ0n) is 15.6. The number of benzene rings is 1. The number of nitrogens with two attached hydrogens (primary N) is 1. The summed E-state index contributed by atoms with van der Waals surface area (Å²) in [5, 5.41) is 12.2. The van der Waals surface area contributed by atoms with Crippen molar-refractivity contribution in [2.45, 2.75) is 30.9 Å². The van der Waals surface area contributed by atoms with Crippen LogP contribution in [-0.2, 0) is 16.8 Å². The van der Waals surface area contributed by atoms with Crippen LogP contribution in [0.4, 0.5) is 0 Å². The summed E-state index contributed by atoms with van der Waals surface area (Å²) in [7, 11) is 0. The van der Waals surface area contributed by atoms with Gasteiger partial charge in [-0.3, -0.25) is 4.79 Å². The maximum Gasteiger partial charge on any atom is 0.248 e. The van der Waals surface area contributed by atoms with E-state index in [0.29, 0.717) is 12.2 Å². The number of piperidine rings is 1. The number of rotatable bonds is 3. The molecule has 3 N–H and O–H groups in total. The molecule has 0 saturated carbocycles. The minimum absolute atomic E-state index is 0.0173. The molecule has 0 unspecified atom stereocenters. The van der Waals surface area contributed by atoms with E-state index in [2.05, 4.69) is 21.7 Å². The number of aromatic nitrogens is 3. The number of halogens is 1. The number of primary amides is 1. The first-order valence-corrected chi connectivity index (χ1v) is 10.7. The molecule has 1 spiro atoms. The molecule has 7 nitrogen and oxygen atoms in total. The standard InChI is InChI=1S/C20H20ClN5O2S/c21-17-9-12-4-7-28-20(18(12)29-17)5-6-23-15(10-20)16-11-26(25-24-16)14-3-1-2-13(8-14)19(22)27/h1-3,8-9,11,15,23H,4-7,10H2,(H2,22,27)/t15-,20-/m0/s1. The molecular weight excluding hydrogens is 410 g/mol. The van der Waals surface area contributed by atoms with E-state index in [4.69, 9.17) is 22.1 Å². The van der Waals surface area contributed by atoms with Gasteiger partial charge in [0.15, 0.2) is 0 Å². The highest BCUT2D eigenvalue weighted by Crippen LogP contribution is 2.48. The van der Waals surface area contributed by atoms with E-state index in [1.54, 1.807) is 34.2 Å². The molecule has 29 heavy (non-hydrogen) atoms. The van der Waals surface area contributed by atoms with Crippen molar-refractivity contribution >= 4 is 28.8 Å². The van der Waals surface area contributed by atoms with Gasteiger partial charge in [0.1, 0.15) is 11.3 Å². The molecule has 1 aromatic carbocycles. The molecule has 3 aromatic rings. The summed E-state index contributed by atoms with van der Waals surface area (Å²) >= 11 is 7.93. The van der Waals surface area contributed by atoms with Gasteiger partial charge >= 0.3 is 0 Å². The third kappa shape index (κ3) is 3.36. The summed E-state index contributed by atoms with van der Waals surface area (Å²) in [5.74, 6) is -0.470. The van der Waals surface area contributed by atoms with Gasteiger partial charge < -0.3 is 15.8 Å². The Hall–Kier alpha value is -2.26. The Balaban J connectivity index is 1.43. The van der Waals surface area contributed by atoms with E-state index >= 15 is 0 Å². The van der Waals surface area contributed by atoms with Crippen LogP contribution in [0.3, 0.4) is 0 Å². The van der Waals surface area contributed by atoms with Crippen LogP contribution in [0.5, 0.6) is 0 Å². The first-order valence-electron chi connectivity index (χ1n) is 9.53. The van der Waals surface area contributed by atoms with Crippen LogP contribution in [0.15, 0.2) is 36.5 Å². The highest BCUT2D eigenvalue weighted by molar-refractivity contribution is 7.16. The van der Waals surface area contributed by atoms with Crippen molar-refractivity contribution in [3.05, 3.63) is 62.6 Å². The van der Waals surface area contributed by atoms with Crippen LogP contribution < -0.4 is 11.1 Å². The van der Waals surface area contributed by atoms with Gasteiger partial charge in [0.05, 0.1) is 28.9 Å². The predicted molar refractivity (Wildman–Crippen MR) is 111 cm³/mol. The second-order valence-corrected chi connectivity index (χ2v) is 9.14. The number of carbonyl (C=O) groups excluding carboxylic acids is 1. The normalized spacial score (nSPS) is 23.8. The lowest BCUT2D eigenvalue weighted by atomic mass is 9.82. The molecule has 2 aliphatic heterocycles. The number of amides is 1. The van der Waals surface area contributed by atoms with E-state index in [-0.39, 0.29) is 11.6 Å². The SMILES string of the molecule is NC(=O)c1cccc(-n2cc([C@@H]3C[C@]4(CCN3)OCCc3cc(Cl)sc34)nn2)c1. The number of ether oxygens (including phenoxy) is 1. The molecule has 2 atom stereocenters. The molecule has 5 rings (SSSR count). The highest BCUT2D eigenvalue weighted by atomic mass is 35.5. The zero-order valence-corrected chi connectivity index (χ0v) is 17.2. The van der Waals surface area contributed by atoms with Crippen LogP contribution in [0.2, 0.25) is 4.34 Å². The van der Waals surface area contributed by atoms with Crippen LogP contribution in [0.1, 0.15) is 45.4 Å². The summed E-state index contributed by atoms with van der Waals surface area (Å²) < 4.78 is 8.82. The van der Waals surface area contributed by atoms with Crippen molar-refractivity contribution in [1.29, 1.82) is 0 Å². The maximum atomic E-state index is 11.5. The molecule has 150 valence electrons. The average molecular weight is 430 g/mol. The van der Waals surface area contributed by atoms with E-state index < -0.39 is 5.91 Å². The number of fused-ring (bicyclic) bond motifs is 2. The third-order valence-electron chi connectivity index (χ3n) is 5.66.